The van der Waals surface area contributed by atoms with Crippen molar-refractivity contribution in [3.8, 4) is 0 Å². The van der Waals surface area contributed by atoms with Gasteiger partial charge >= 0.3 is 6.03 Å². The number of aromatic nitrogens is 3. The second kappa shape index (κ2) is 7.68. The molecule has 8 heteroatoms. The molecule has 0 aliphatic carbocycles. The number of hydrogen-bond donors (Lipinski definition) is 1. The number of halogens is 1. The minimum Gasteiger partial charge on any atom is -0.383 e. The van der Waals surface area contributed by atoms with Crippen molar-refractivity contribution >= 4 is 11.8 Å². The summed E-state index contributed by atoms with van der Waals surface area (Å²) >= 11 is 0. The fraction of sp³-hybridized carbons (Fsp3) is 0.400. The van der Waals surface area contributed by atoms with E-state index in [1.807, 2.05) is 6.92 Å². The van der Waals surface area contributed by atoms with Crippen LogP contribution in [-0.4, -0.2) is 45.7 Å². The molecule has 0 aliphatic rings. The molecular weight excluding hydrogens is 301 g/mol. The number of benzene rings is 1. The van der Waals surface area contributed by atoms with Crippen molar-refractivity contribution in [2.24, 2.45) is 7.05 Å². The van der Waals surface area contributed by atoms with Crippen LogP contribution in [0.15, 0.2) is 30.5 Å². The van der Waals surface area contributed by atoms with Gasteiger partial charge in [0.05, 0.1) is 18.8 Å². The Morgan fingerprint density at radius 1 is 1.43 bits per heavy atom. The number of urea groups is 1. The lowest BCUT2D eigenvalue weighted by atomic mass is 10.2. The highest BCUT2D eigenvalue weighted by Crippen LogP contribution is 2.12. The van der Waals surface area contributed by atoms with Crippen LogP contribution in [0.3, 0.4) is 0 Å². The van der Waals surface area contributed by atoms with Gasteiger partial charge in [0.2, 0.25) is 0 Å². The van der Waals surface area contributed by atoms with E-state index >= 15 is 0 Å². The van der Waals surface area contributed by atoms with Crippen LogP contribution in [0.1, 0.15) is 12.5 Å². The molecule has 1 aromatic carbocycles. The Morgan fingerprint density at radius 3 is 2.70 bits per heavy atom. The fourth-order valence-electron chi connectivity index (χ4n) is 2.13. The summed E-state index contributed by atoms with van der Waals surface area (Å²) in [6.45, 7) is 2.59. The van der Waals surface area contributed by atoms with Crippen LogP contribution in [0.25, 0.3) is 0 Å². The maximum absolute atomic E-state index is 13.0. The molecule has 7 nitrogen and oxygen atoms in total. The lowest BCUT2D eigenvalue weighted by Gasteiger charge is -2.28. The topological polar surface area (TPSA) is 72.3 Å². The van der Waals surface area contributed by atoms with E-state index in [0.717, 1.165) is 5.56 Å². The summed E-state index contributed by atoms with van der Waals surface area (Å²) in [5.41, 5.74) is 0.823. The number of ether oxygens (including phenoxy) is 1. The van der Waals surface area contributed by atoms with Gasteiger partial charge in [-0.1, -0.05) is 17.3 Å². The SMILES string of the molecule is COC[C@@H](C)N(Cc1ccc(F)cc1)C(=O)Nc1cn(C)nn1. The van der Waals surface area contributed by atoms with Crippen molar-refractivity contribution in [3.05, 3.63) is 41.8 Å². The predicted molar refractivity (Wildman–Crippen MR) is 83.3 cm³/mol. The molecule has 0 saturated carbocycles. The van der Waals surface area contributed by atoms with Gasteiger partial charge in [0.15, 0.2) is 5.82 Å². The van der Waals surface area contributed by atoms with Gasteiger partial charge in [0.1, 0.15) is 5.82 Å². The number of amides is 2. The molecule has 124 valence electrons. The average Bonchev–Trinajstić information content (AvgIpc) is 2.91. The molecule has 23 heavy (non-hydrogen) atoms. The van der Waals surface area contributed by atoms with Crippen LogP contribution in [-0.2, 0) is 18.3 Å². The number of aryl methyl sites for hydroxylation is 1. The molecule has 1 atom stereocenters. The minimum atomic E-state index is -0.320. The number of carbonyl (C=O) groups excluding carboxylic acids is 1. The molecule has 0 unspecified atom stereocenters. The van der Waals surface area contributed by atoms with Crippen LogP contribution < -0.4 is 5.32 Å². The first-order chi connectivity index (χ1) is 11.0. The molecule has 1 aromatic heterocycles. The maximum atomic E-state index is 13.0. The summed E-state index contributed by atoms with van der Waals surface area (Å²) in [4.78, 5) is 14.1. The number of anilines is 1. The second-order valence-electron chi connectivity index (χ2n) is 5.27. The Hall–Kier alpha value is -2.48. The molecule has 0 bridgehead atoms. The predicted octanol–water partition coefficient (Wildman–Crippen LogP) is 2.02. The van der Waals surface area contributed by atoms with Gasteiger partial charge in [-0.3, -0.25) is 10.00 Å². The Bertz CT molecular complexity index is 644. The molecule has 2 rings (SSSR count). The van der Waals surface area contributed by atoms with Crippen LogP contribution in [0, 0.1) is 5.82 Å². The second-order valence-corrected chi connectivity index (χ2v) is 5.27. The lowest BCUT2D eigenvalue weighted by molar-refractivity contribution is 0.113. The van der Waals surface area contributed by atoms with Crippen LogP contribution >= 0.6 is 0 Å². The summed E-state index contributed by atoms with van der Waals surface area (Å²) in [6.07, 6.45) is 1.61. The fourth-order valence-corrected chi connectivity index (χ4v) is 2.13. The Labute approximate surface area is 134 Å². The van der Waals surface area contributed by atoms with Crippen molar-refractivity contribution < 1.29 is 13.9 Å². The van der Waals surface area contributed by atoms with Crippen LogP contribution in [0.4, 0.5) is 15.0 Å². The van der Waals surface area contributed by atoms with Gasteiger partial charge in [0.25, 0.3) is 0 Å². The van der Waals surface area contributed by atoms with E-state index in [4.69, 9.17) is 4.74 Å². The standard InChI is InChI=1S/C15H20FN5O2/c1-11(10-23-3)21(8-12-4-6-13(16)7-5-12)15(22)17-14-9-20(2)19-18-14/h4-7,9,11H,8,10H2,1-3H3,(H,17,22)/t11-/m1/s1. The van der Waals surface area contributed by atoms with E-state index in [0.29, 0.717) is 19.0 Å². The zero-order chi connectivity index (χ0) is 16.8. The average molecular weight is 321 g/mol. The zero-order valence-electron chi connectivity index (χ0n) is 13.4. The summed E-state index contributed by atoms with van der Waals surface area (Å²) in [6, 6.07) is 5.56. The summed E-state index contributed by atoms with van der Waals surface area (Å²) in [7, 11) is 3.29. The lowest BCUT2D eigenvalue weighted by Crippen LogP contribution is -2.43. The van der Waals surface area contributed by atoms with Crippen LogP contribution in [0.5, 0.6) is 0 Å². The molecule has 0 fully saturated rings. The molecule has 0 saturated heterocycles. The highest BCUT2D eigenvalue weighted by Gasteiger charge is 2.21. The van der Waals surface area contributed by atoms with Gasteiger partial charge in [-0.2, -0.15) is 0 Å². The van der Waals surface area contributed by atoms with Gasteiger partial charge in [-0.25, -0.2) is 9.18 Å². The van der Waals surface area contributed by atoms with Gasteiger partial charge in [0, 0.05) is 20.7 Å². The van der Waals surface area contributed by atoms with Crippen molar-refractivity contribution in [1.29, 1.82) is 0 Å². The first-order valence-corrected chi connectivity index (χ1v) is 7.17. The van der Waals surface area contributed by atoms with E-state index in [2.05, 4.69) is 15.6 Å². The third-order valence-electron chi connectivity index (χ3n) is 3.30. The highest BCUT2D eigenvalue weighted by molar-refractivity contribution is 5.88. The molecule has 0 radical (unpaired) electrons. The van der Waals surface area contributed by atoms with E-state index in [1.54, 1.807) is 37.4 Å². The molecule has 2 amide bonds. The quantitative estimate of drug-likeness (QED) is 0.883. The number of hydrogen-bond acceptors (Lipinski definition) is 4. The summed E-state index contributed by atoms with van der Waals surface area (Å²) < 4.78 is 19.7. The molecule has 1 N–H and O–H groups in total. The summed E-state index contributed by atoms with van der Waals surface area (Å²) in [5.74, 6) is 0.0560. The van der Waals surface area contributed by atoms with Gasteiger partial charge in [-0.15, -0.1) is 5.10 Å². The van der Waals surface area contributed by atoms with Gasteiger partial charge < -0.3 is 9.64 Å². The third-order valence-corrected chi connectivity index (χ3v) is 3.30. The molecule has 0 spiro atoms. The van der Waals surface area contributed by atoms with Crippen molar-refractivity contribution in [3.63, 3.8) is 0 Å². The van der Waals surface area contributed by atoms with Crippen LogP contribution in [0.2, 0.25) is 0 Å². The monoisotopic (exact) mass is 321 g/mol. The number of nitrogens with one attached hydrogen (secondary N) is 1. The first kappa shape index (κ1) is 16.9. The number of nitrogens with zero attached hydrogens (tertiary/aromatic N) is 4. The Morgan fingerprint density at radius 2 is 2.13 bits per heavy atom. The number of methoxy groups -OCH3 is 1. The summed E-state index contributed by atoms with van der Waals surface area (Å²) in [5, 5.41) is 10.3. The first-order valence-electron chi connectivity index (χ1n) is 7.17. The third kappa shape index (κ3) is 4.75. The van der Waals surface area contributed by atoms with E-state index in [1.165, 1.54) is 16.8 Å². The van der Waals surface area contributed by atoms with Crippen molar-refractivity contribution in [1.82, 2.24) is 19.9 Å². The Kier molecular flexibility index (Phi) is 5.64. The maximum Gasteiger partial charge on any atom is 0.323 e. The molecule has 0 aliphatic heterocycles. The largest absolute Gasteiger partial charge is 0.383 e. The zero-order valence-corrected chi connectivity index (χ0v) is 13.4. The number of carbonyl (C=O) groups is 1. The minimum absolute atomic E-state index is 0.165. The molecule has 1 heterocycles. The van der Waals surface area contributed by atoms with Crippen molar-refractivity contribution in [2.45, 2.75) is 19.5 Å². The van der Waals surface area contributed by atoms with E-state index < -0.39 is 0 Å². The molecular formula is C15H20FN5O2. The Balaban J connectivity index is 2.12. The molecule has 2 aromatic rings. The van der Waals surface area contributed by atoms with E-state index in [9.17, 15) is 9.18 Å². The van der Waals surface area contributed by atoms with Crippen molar-refractivity contribution in [2.75, 3.05) is 19.0 Å². The smallest absolute Gasteiger partial charge is 0.323 e. The van der Waals surface area contributed by atoms with Gasteiger partial charge in [-0.05, 0) is 24.6 Å². The highest BCUT2D eigenvalue weighted by atomic mass is 19.1. The normalized spacial score (nSPS) is 12.0. The van der Waals surface area contributed by atoms with E-state index in [-0.39, 0.29) is 17.9 Å². The number of rotatable bonds is 6.